The Morgan fingerprint density at radius 1 is 1.00 bits per heavy atom. The first kappa shape index (κ1) is 13.0. The van der Waals surface area contributed by atoms with Gasteiger partial charge >= 0.3 is 0 Å². The van der Waals surface area contributed by atoms with Crippen LogP contribution < -0.4 is 5.32 Å². The van der Waals surface area contributed by atoms with Crippen molar-refractivity contribution in [1.29, 1.82) is 0 Å². The van der Waals surface area contributed by atoms with Gasteiger partial charge in [-0.1, -0.05) is 27.7 Å². The lowest BCUT2D eigenvalue weighted by atomic mass is 9.43. The summed E-state index contributed by atoms with van der Waals surface area (Å²) in [5.41, 5.74) is 1.15. The molecule has 1 N–H and O–H groups in total. The zero-order chi connectivity index (χ0) is 13.0. The zero-order valence-electron chi connectivity index (χ0n) is 12.8. The largest absolute Gasteiger partial charge is 0.314 e. The first-order valence-electron chi connectivity index (χ1n) is 8.14. The monoisotopic (exact) mass is 249 g/mol. The quantitative estimate of drug-likeness (QED) is 0.786. The van der Waals surface area contributed by atoms with Crippen molar-refractivity contribution in [3.63, 3.8) is 0 Å². The molecule has 0 heterocycles. The molecule has 0 saturated heterocycles. The minimum atomic E-state index is 0.479. The molecule has 4 rings (SSSR count). The second-order valence-electron chi connectivity index (χ2n) is 8.62. The summed E-state index contributed by atoms with van der Waals surface area (Å²) in [6, 6.07) is 0.623. The van der Waals surface area contributed by atoms with E-state index in [1.54, 1.807) is 19.3 Å². The van der Waals surface area contributed by atoms with E-state index in [0.29, 0.717) is 16.9 Å². The van der Waals surface area contributed by atoms with Crippen molar-refractivity contribution in [2.45, 2.75) is 72.3 Å². The van der Waals surface area contributed by atoms with Gasteiger partial charge in [0.05, 0.1) is 0 Å². The lowest BCUT2D eigenvalue weighted by Crippen LogP contribution is -2.55. The molecule has 4 aliphatic rings. The highest BCUT2D eigenvalue weighted by Crippen LogP contribution is 2.65. The summed E-state index contributed by atoms with van der Waals surface area (Å²) in [7, 11) is 0. The summed E-state index contributed by atoms with van der Waals surface area (Å²) >= 11 is 0. The van der Waals surface area contributed by atoms with Crippen molar-refractivity contribution >= 4 is 0 Å². The molecule has 0 spiro atoms. The zero-order valence-corrected chi connectivity index (χ0v) is 12.8. The van der Waals surface area contributed by atoms with Gasteiger partial charge in [-0.3, -0.25) is 0 Å². The Kier molecular flexibility index (Phi) is 3.05. The first-order valence-corrected chi connectivity index (χ1v) is 8.14. The molecular formula is C17H31N. The Morgan fingerprint density at radius 2 is 1.44 bits per heavy atom. The maximum absolute atomic E-state index is 3.71. The van der Waals surface area contributed by atoms with Crippen LogP contribution in [0.5, 0.6) is 0 Å². The normalized spacial score (nSPS) is 42.8. The Morgan fingerprint density at radius 3 is 1.83 bits per heavy atom. The van der Waals surface area contributed by atoms with Crippen LogP contribution in [-0.4, -0.2) is 12.6 Å². The van der Waals surface area contributed by atoms with E-state index in [2.05, 4.69) is 33.0 Å². The minimum absolute atomic E-state index is 0.479. The van der Waals surface area contributed by atoms with Crippen LogP contribution in [0.3, 0.4) is 0 Å². The molecule has 4 aliphatic carbocycles. The van der Waals surface area contributed by atoms with E-state index in [-0.39, 0.29) is 0 Å². The fourth-order valence-corrected chi connectivity index (χ4v) is 5.59. The summed E-state index contributed by atoms with van der Waals surface area (Å²) in [4.78, 5) is 0. The maximum atomic E-state index is 3.71. The van der Waals surface area contributed by atoms with Gasteiger partial charge < -0.3 is 5.32 Å². The summed E-state index contributed by atoms with van der Waals surface area (Å²) < 4.78 is 0. The summed E-state index contributed by atoms with van der Waals surface area (Å²) in [6.45, 7) is 10.8. The molecule has 4 saturated carbocycles. The van der Waals surface area contributed by atoms with Gasteiger partial charge in [-0.25, -0.2) is 0 Å². The number of nitrogens with one attached hydrogen (secondary N) is 1. The van der Waals surface area contributed by atoms with Gasteiger partial charge in [0.1, 0.15) is 0 Å². The standard InChI is InChI=1S/C17H31N/c1-12(2)18-11-16(3,4)17-8-13-5-14(9-17)7-15(6-13)10-17/h12-15,18H,5-11H2,1-4H3. The molecule has 0 radical (unpaired) electrons. The van der Waals surface area contributed by atoms with E-state index >= 15 is 0 Å². The van der Waals surface area contributed by atoms with Crippen molar-refractivity contribution in [3.05, 3.63) is 0 Å². The molecule has 18 heavy (non-hydrogen) atoms. The molecule has 0 aromatic carbocycles. The van der Waals surface area contributed by atoms with E-state index in [1.807, 2.05) is 0 Å². The molecule has 0 atom stereocenters. The van der Waals surface area contributed by atoms with E-state index in [4.69, 9.17) is 0 Å². The van der Waals surface area contributed by atoms with Gasteiger partial charge in [0.25, 0.3) is 0 Å². The summed E-state index contributed by atoms with van der Waals surface area (Å²) in [5.74, 6) is 3.23. The third-order valence-corrected chi connectivity index (χ3v) is 6.43. The van der Waals surface area contributed by atoms with Crippen LogP contribution in [0.25, 0.3) is 0 Å². The van der Waals surface area contributed by atoms with Crippen molar-refractivity contribution in [2.75, 3.05) is 6.54 Å². The molecule has 0 unspecified atom stereocenters. The lowest BCUT2D eigenvalue weighted by molar-refractivity contribution is -0.118. The fourth-order valence-electron chi connectivity index (χ4n) is 5.59. The van der Waals surface area contributed by atoms with Gasteiger partial charge in [-0.05, 0) is 67.1 Å². The smallest absolute Gasteiger partial charge is 0.00106 e. The fraction of sp³-hybridized carbons (Fsp3) is 1.00. The SMILES string of the molecule is CC(C)NCC(C)(C)C12CC3CC(CC(C3)C1)C2. The summed E-state index contributed by atoms with van der Waals surface area (Å²) in [5, 5.41) is 3.71. The van der Waals surface area contributed by atoms with Crippen molar-refractivity contribution < 1.29 is 0 Å². The van der Waals surface area contributed by atoms with Crippen LogP contribution in [0.1, 0.15) is 66.2 Å². The topological polar surface area (TPSA) is 12.0 Å². The Labute approximate surface area is 113 Å². The summed E-state index contributed by atoms with van der Waals surface area (Å²) in [6.07, 6.45) is 9.29. The van der Waals surface area contributed by atoms with Crippen LogP contribution in [0.4, 0.5) is 0 Å². The highest BCUT2D eigenvalue weighted by Gasteiger charge is 2.56. The predicted molar refractivity (Wildman–Crippen MR) is 77.5 cm³/mol. The van der Waals surface area contributed by atoms with Gasteiger partial charge in [0, 0.05) is 12.6 Å². The van der Waals surface area contributed by atoms with Gasteiger partial charge in [0.2, 0.25) is 0 Å². The van der Waals surface area contributed by atoms with Crippen LogP contribution in [0, 0.1) is 28.6 Å². The molecule has 1 nitrogen and oxygen atoms in total. The molecule has 0 aromatic rings. The molecule has 0 aromatic heterocycles. The van der Waals surface area contributed by atoms with E-state index in [0.717, 1.165) is 17.8 Å². The highest BCUT2D eigenvalue weighted by atomic mass is 14.9. The van der Waals surface area contributed by atoms with Gasteiger partial charge in [-0.2, -0.15) is 0 Å². The van der Waals surface area contributed by atoms with E-state index < -0.39 is 0 Å². The molecule has 4 bridgehead atoms. The lowest BCUT2D eigenvalue weighted by Gasteiger charge is -2.62. The van der Waals surface area contributed by atoms with Crippen LogP contribution in [-0.2, 0) is 0 Å². The third-order valence-electron chi connectivity index (χ3n) is 6.43. The van der Waals surface area contributed by atoms with Crippen molar-refractivity contribution in [2.24, 2.45) is 28.6 Å². The van der Waals surface area contributed by atoms with Gasteiger partial charge in [0.15, 0.2) is 0 Å². The van der Waals surface area contributed by atoms with Crippen molar-refractivity contribution in [3.8, 4) is 0 Å². The van der Waals surface area contributed by atoms with E-state index in [9.17, 15) is 0 Å². The number of hydrogen-bond donors (Lipinski definition) is 1. The number of hydrogen-bond acceptors (Lipinski definition) is 1. The van der Waals surface area contributed by atoms with E-state index in [1.165, 1.54) is 25.8 Å². The molecule has 0 amide bonds. The average molecular weight is 249 g/mol. The second kappa shape index (κ2) is 4.23. The molecule has 1 heteroatoms. The van der Waals surface area contributed by atoms with Crippen LogP contribution in [0.2, 0.25) is 0 Å². The Bertz CT molecular complexity index is 280. The average Bonchev–Trinajstić information content (AvgIpc) is 2.24. The first-order chi connectivity index (χ1) is 8.40. The maximum Gasteiger partial charge on any atom is 0.00106 e. The minimum Gasteiger partial charge on any atom is -0.314 e. The van der Waals surface area contributed by atoms with Crippen LogP contribution >= 0.6 is 0 Å². The molecule has 4 fully saturated rings. The second-order valence-corrected chi connectivity index (χ2v) is 8.62. The molecular weight excluding hydrogens is 218 g/mol. The third kappa shape index (κ3) is 2.03. The molecule has 104 valence electrons. The predicted octanol–water partition coefficient (Wildman–Crippen LogP) is 4.23. The van der Waals surface area contributed by atoms with Crippen LogP contribution in [0.15, 0.2) is 0 Å². The highest BCUT2D eigenvalue weighted by molar-refractivity contribution is 5.07. The van der Waals surface area contributed by atoms with Gasteiger partial charge in [-0.15, -0.1) is 0 Å². The Hall–Kier alpha value is -0.0400. The number of rotatable bonds is 4. The Balaban J connectivity index is 1.77. The van der Waals surface area contributed by atoms with Crippen molar-refractivity contribution in [1.82, 2.24) is 5.32 Å². The molecule has 0 aliphatic heterocycles.